The highest BCUT2D eigenvalue weighted by Gasteiger charge is 2.21. The molecule has 0 aliphatic heterocycles. The van der Waals surface area contributed by atoms with Crippen molar-refractivity contribution in [3.8, 4) is 5.75 Å². The van der Waals surface area contributed by atoms with Crippen LogP contribution in [0.5, 0.6) is 5.75 Å². The number of hydrogen-bond acceptors (Lipinski definition) is 5. The van der Waals surface area contributed by atoms with Crippen LogP contribution in [0.15, 0.2) is 18.2 Å². The Bertz CT molecular complexity index is 668. The maximum absolute atomic E-state index is 11.9. The fourth-order valence-corrected chi connectivity index (χ4v) is 3.90. The van der Waals surface area contributed by atoms with E-state index in [1.807, 2.05) is 13.8 Å². The molecule has 0 saturated carbocycles. The molecule has 1 aliphatic carbocycles. The van der Waals surface area contributed by atoms with Crippen LogP contribution in [0.2, 0.25) is 0 Å². The molecule has 1 aliphatic rings. The van der Waals surface area contributed by atoms with Crippen molar-refractivity contribution in [3.63, 3.8) is 0 Å². The molecule has 0 spiro atoms. The Morgan fingerprint density at radius 2 is 1.97 bits per heavy atom. The van der Waals surface area contributed by atoms with E-state index in [1.165, 1.54) is 30.4 Å². The van der Waals surface area contributed by atoms with Crippen molar-refractivity contribution < 1.29 is 23.8 Å². The molecule has 0 radical (unpaired) electrons. The minimum atomic E-state index is -0.890. The zero-order valence-electron chi connectivity index (χ0n) is 18.9. The van der Waals surface area contributed by atoms with E-state index in [-0.39, 0.29) is 18.9 Å². The van der Waals surface area contributed by atoms with Gasteiger partial charge >= 0.3 is 12.1 Å². The Kier molecular flexibility index (Phi) is 10.7. The molecule has 1 atom stereocenters. The topological polar surface area (TPSA) is 61.8 Å². The molecular formula is C25H38O5. The number of benzene rings is 1. The molecule has 0 amide bonds. The lowest BCUT2D eigenvalue weighted by Crippen LogP contribution is -2.16. The number of aryl methyl sites for hydroxylation is 1. The number of esters is 1. The summed E-state index contributed by atoms with van der Waals surface area (Å²) >= 11 is 0. The van der Waals surface area contributed by atoms with Gasteiger partial charge in [0.15, 0.2) is 0 Å². The minimum Gasteiger partial charge on any atom is -0.494 e. The first-order chi connectivity index (χ1) is 14.5. The minimum absolute atomic E-state index is 0.214. The molecule has 5 nitrogen and oxygen atoms in total. The molecule has 0 bridgehead atoms. The number of carbonyl (C=O) groups excluding carboxylic acids is 2. The Hall–Kier alpha value is -2.04. The molecule has 30 heavy (non-hydrogen) atoms. The molecule has 0 heterocycles. The first-order valence-electron chi connectivity index (χ1n) is 11.6. The van der Waals surface area contributed by atoms with Gasteiger partial charge in [-0.05, 0) is 73.6 Å². The van der Waals surface area contributed by atoms with E-state index < -0.39 is 12.1 Å². The zero-order chi connectivity index (χ0) is 21.8. The van der Waals surface area contributed by atoms with Crippen molar-refractivity contribution >= 4 is 12.1 Å². The van der Waals surface area contributed by atoms with Gasteiger partial charge in [0.2, 0.25) is 0 Å². The molecule has 2 rings (SSSR count). The van der Waals surface area contributed by atoms with E-state index in [1.54, 1.807) is 0 Å². The third kappa shape index (κ3) is 8.76. The lowest BCUT2D eigenvalue weighted by atomic mass is 9.80. The number of fused-ring (bicyclic) bond motifs is 1. The highest BCUT2D eigenvalue weighted by atomic mass is 16.7. The van der Waals surface area contributed by atoms with Gasteiger partial charge in [0.1, 0.15) is 5.75 Å². The number of rotatable bonds is 12. The fourth-order valence-electron chi connectivity index (χ4n) is 3.90. The lowest BCUT2D eigenvalue weighted by Gasteiger charge is -2.26. The lowest BCUT2D eigenvalue weighted by molar-refractivity contribution is -0.140. The van der Waals surface area contributed by atoms with Crippen LogP contribution in [-0.2, 0) is 20.7 Å². The molecule has 1 aromatic rings. The van der Waals surface area contributed by atoms with Gasteiger partial charge in [0, 0.05) is 6.42 Å². The summed E-state index contributed by atoms with van der Waals surface area (Å²) in [6.07, 6.45) is 9.18. The second-order valence-electron chi connectivity index (χ2n) is 8.68. The zero-order valence-corrected chi connectivity index (χ0v) is 18.9. The molecule has 168 valence electrons. The average molecular weight is 419 g/mol. The van der Waals surface area contributed by atoms with Gasteiger partial charge in [-0.3, -0.25) is 4.79 Å². The predicted octanol–water partition coefficient (Wildman–Crippen LogP) is 6.57. The van der Waals surface area contributed by atoms with Crippen molar-refractivity contribution in [1.29, 1.82) is 0 Å². The second kappa shape index (κ2) is 13.3. The monoisotopic (exact) mass is 418 g/mol. The number of carbonyl (C=O) groups is 2. The average Bonchev–Trinajstić information content (AvgIpc) is 2.72. The molecule has 0 fully saturated rings. The SMILES string of the molecule is CCCCCCOc1ccc2c(c1)CCCC2CCCC(=O)OC(=O)OCC(C)C. The predicted molar refractivity (Wildman–Crippen MR) is 118 cm³/mol. The van der Waals surface area contributed by atoms with Gasteiger partial charge in [0.05, 0.1) is 13.2 Å². The molecular weight excluding hydrogens is 380 g/mol. The van der Waals surface area contributed by atoms with E-state index >= 15 is 0 Å². The number of hydrogen-bond donors (Lipinski definition) is 0. The Morgan fingerprint density at radius 1 is 1.13 bits per heavy atom. The van der Waals surface area contributed by atoms with E-state index in [0.29, 0.717) is 12.3 Å². The Balaban J connectivity index is 1.75. The van der Waals surface area contributed by atoms with Gasteiger partial charge in [-0.25, -0.2) is 4.79 Å². The first-order valence-corrected chi connectivity index (χ1v) is 11.6. The summed E-state index contributed by atoms with van der Waals surface area (Å²) in [7, 11) is 0. The normalized spacial score (nSPS) is 15.5. The van der Waals surface area contributed by atoms with Crippen LogP contribution in [0.4, 0.5) is 4.79 Å². The van der Waals surface area contributed by atoms with Crippen molar-refractivity contribution in [2.75, 3.05) is 13.2 Å². The summed E-state index contributed by atoms with van der Waals surface area (Å²) in [5, 5.41) is 0. The van der Waals surface area contributed by atoms with Crippen LogP contribution >= 0.6 is 0 Å². The summed E-state index contributed by atoms with van der Waals surface area (Å²) in [6.45, 7) is 7.12. The summed E-state index contributed by atoms with van der Waals surface area (Å²) in [5.74, 6) is 1.13. The van der Waals surface area contributed by atoms with E-state index in [2.05, 4.69) is 25.1 Å². The van der Waals surface area contributed by atoms with Gasteiger partial charge in [-0.15, -0.1) is 0 Å². The quantitative estimate of drug-likeness (QED) is 0.218. The smallest absolute Gasteiger partial charge is 0.494 e. The summed E-state index contributed by atoms with van der Waals surface area (Å²) < 4.78 is 15.5. The molecule has 0 aromatic heterocycles. The first kappa shape index (κ1) is 24.2. The highest BCUT2D eigenvalue weighted by molar-refractivity contribution is 5.81. The van der Waals surface area contributed by atoms with Crippen molar-refractivity contribution in [3.05, 3.63) is 29.3 Å². The van der Waals surface area contributed by atoms with Crippen LogP contribution in [0.3, 0.4) is 0 Å². The Labute approximate surface area is 181 Å². The molecule has 1 aromatic carbocycles. The van der Waals surface area contributed by atoms with Gasteiger partial charge in [-0.1, -0.05) is 46.1 Å². The standard InChI is InChI=1S/C25H38O5/c1-4-5-6-7-16-28-22-14-15-23-20(10-8-12-21(23)17-22)11-9-13-24(26)30-25(27)29-18-19(2)3/h14-15,17,19-20H,4-13,16,18H2,1-3H3. The van der Waals surface area contributed by atoms with Crippen molar-refractivity contribution in [1.82, 2.24) is 0 Å². The number of ether oxygens (including phenoxy) is 3. The highest BCUT2D eigenvalue weighted by Crippen LogP contribution is 2.36. The van der Waals surface area contributed by atoms with Crippen LogP contribution in [0.1, 0.15) is 95.6 Å². The molecule has 1 unspecified atom stereocenters. The molecule has 0 N–H and O–H groups in total. The van der Waals surface area contributed by atoms with Crippen LogP contribution in [-0.4, -0.2) is 25.3 Å². The summed E-state index contributed by atoms with van der Waals surface area (Å²) in [4.78, 5) is 23.3. The summed E-state index contributed by atoms with van der Waals surface area (Å²) in [5.41, 5.74) is 2.75. The van der Waals surface area contributed by atoms with E-state index in [0.717, 1.165) is 44.5 Å². The summed E-state index contributed by atoms with van der Waals surface area (Å²) in [6, 6.07) is 6.47. The van der Waals surface area contributed by atoms with Crippen molar-refractivity contribution in [2.24, 2.45) is 5.92 Å². The third-order valence-electron chi connectivity index (χ3n) is 5.48. The van der Waals surface area contributed by atoms with E-state index in [4.69, 9.17) is 14.2 Å². The van der Waals surface area contributed by atoms with Gasteiger partial charge < -0.3 is 14.2 Å². The van der Waals surface area contributed by atoms with Crippen molar-refractivity contribution in [2.45, 2.75) is 90.9 Å². The van der Waals surface area contributed by atoms with Gasteiger partial charge in [0.25, 0.3) is 0 Å². The van der Waals surface area contributed by atoms with E-state index in [9.17, 15) is 9.59 Å². The largest absolute Gasteiger partial charge is 0.516 e. The van der Waals surface area contributed by atoms with Gasteiger partial charge in [-0.2, -0.15) is 0 Å². The maximum atomic E-state index is 11.9. The van der Waals surface area contributed by atoms with Crippen LogP contribution in [0.25, 0.3) is 0 Å². The third-order valence-corrected chi connectivity index (χ3v) is 5.48. The Morgan fingerprint density at radius 3 is 2.73 bits per heavy atom. The van der Waals surface area contributed by atoms with Crippen LogP contribution < -0.4 is 4.74 Å². The molecule has 5 heteroatoms. The van der Waals surface area contributed by atoms with Crippen LogP contribution in [0, 0.1) is 5.92 Å². The molecule has 0 saturated heterocycles. The second-order valence-corrected chi connectivity index (χ2v) is 8.68. The fraction of sp³-hybridized carbons (Fsp3) is 0.680. The number of unbranched alkanes of at least 4 members (excludes halogenated alkanes) is 3. The maximum Gasteiger partial charge on any atom is 0.516 e.